The van der Waals surface area contributed by atoms with Crippen LogP contribution in [-0.4, -0.2) is 151 Å². The number of carbonyl (C=O) groups is 3. The van der Waals surface area contributed by atoms with E-state index in [1.165, 1.54) is 37.5 Å². The van der Waals surface area contributed by atoms with Crippen molar-refractivity contribution < 1.29 is 101 Å². The molecule has 686 valence electrons. The highest BCUT2D eigenvalue weighted by Crippen LogP contribution is 2.48. The van der Waals surface area contributed by atoms with Crippen molar-refractivity contribution in [3.05, 3.63) is 212 Å². The SMILES string of the molecule is C.COC(=O)C[C@@H]1COc2cc(O[C@@H]3CCc4c(-c5c(C)cc(OCCNS(C)(=O)=O)cc5C)ccc(F)c43)ccc21.COC(=O)C[C@@H]1COc2cc(O[C@@H]3CCc4c(B5OC(C)(C)C(C)(C)O5)ccc(F)c43)ccc21.Cc1cc(OCCN)cc(C)c1Br.Cc1cc(OCCNC(=O)OC(C)(C)C)cc(C)c1Br.Cc1cc(OCCNS(C)(=O)=O)cc(C)c1Br. The van der Waals surface area contributed by atoms with Crippen LogP contribution >= 0.6 is 47.8 Å². The number of sulfonamides is 2. The van der Waals surface area contributed by atoms with Crippen LogP contribution < -0.4 is 63.9 Å². The molecule has 3 heterocycles. The number of alkyl carbamates (subject to hydrolysis) is 1. The first-order chi connectivity index (χ1) is 58.8. The maximum Gasteiger partial charge on any atom is 0.495 e. The number of halogens is 5. The van der Waals surface area contributed by atoms with Crippen LogP contribution in [0.3, 0.4) is 0 Å². The van der Waals surface area contributed by atoms with E-state index in [0.29, 0.717) is 112 Å². The highest BCUT2D eigenvalue weighted by molar-refractivity contribution is 9.11. The monoisotopic (exact) mass is 1970 g/mol. The average Bonchev–Trinajstić information content (AvgIpc) is 1.59. The Morgan fingerprint density at radius 1 is 0.516 bits per heavy atom. The lowest BCUT2D eigenvalue weighted by Crippen LogP contribution is -2.41. The summed E-state index contributed by atoms with van der Waals surface area (Å²) in [6.07, 6.45) is 4.12. The number of methoxy groups -OCH3 is 2. The Balaban J connectivity index is 0.000000207. The Labute approximate surface area is 767 Å². The summed E-state index contributed by atoms with van der Waals surface area (Å²) >= 11 is 10.5. The van der Waals surface area contributed by atoms with Crippen molar-refractivity contribution in [1.82, 2.24) is 14.8 Å². The number of rotatable bonds is 27. The molecular weight excluding hydrogens is 1860 g/mol. The van der Waals surface area contributed by atoms with E-state index in [1.54, 1.807) is 6.07 Å². The number of amides is 1. The minimum atomic E-state index is -3.27. The molecule has 126 heavy (non-hydrogen) atoms. The molecule has 0 unspecified atom stereocenters. The van der Waals surface area contributed by atoms with Crippen LogP contribution in [0.1, 0.15) is 184 Å². The Bertz CT molecular complexity index is 5320. The predicted octanol–water partition coefficient (Wildman–Crippen LogP) is 18.4. The number of hydrogen-bond acceptors (Lipinski definition) is 21. The van der Waals surface area contributed by atoms with Gasteiger partial charge in [-0.05, 0) is 275 Å². The van der Waals surface area contributed by atoms with Crippen LogP contribution in [0.25, 0.3) is 11.1 Å². The first kappa shape index (κ1) is 103. The summed E-state index contributed by atoms with van der Waals surface area (Å²) in [5.74, 6) is 4.41. The number of ether oxygens (including phenoxy) is 11. The summed E-state index contributed by atoms with van der Waals surface area (Å²) in [6, 6.07) is 33.3. The Morgan fingerprint density at radius 2 is 0.881 bits per heavy atom. The van der Waals surface area contributed by atoms with Gasteiger partial charge < -0.3 is 72.5 Å². The second-order valence-electron chi connectivity index (χ2n) is 33.4. The van der Waals surface area contributed by atoms with Crippen molar-refractivity contribution in [2.75, 3.05) is 92.6 Å². The molecule has 8 aromatic carbocycles. The van der Waals surface area contributed by atoms with Gasteiger partial charge in [0.05, 0.1) is 70.5 Å². The Kier molecular flexibility index (Phi) is 36.8. The van der Waals surface area contributed by atoms with E-state index in [-0.39, 0.29) is 75.4 Å². The van der Waals surface area contributed by atoms with Crippen LogP contribution in [0, 0.1) is 67.0 Å². The molecule has 5 aliphatic rings. The van der Waals surface area contributed by atoms with Gasteiger partial charge in [0.1, 0.15) is 102 Å². The molecule has 0 spiro atoms. The molecule has 1 amide bonds. The standard InChI is InChI=1S/C31H34FNO7S.C26H30BFO6.C15H22BrNO3.C11H16BrNO3S.C10H14BrNO.CH4/c1-18-13-22(38-12-11-33-41(4,35)36)14-19(2)30(18)24-7-9-26(32)31-25(24)8-10-27(31)40-21-5-6-23-20(15-29(34)37-3)17-39-28(23)16-21;1-25(2)26(3,4)34-27(33-25)19-9-10-20(28)24-18(19)8-11-21(24)32-16-6-7-17-15(12-23(29)30-5)14-31-22(17)13-16;1-10-8-12(9-11(2)13(10)16)19-7-6-17-14(18)20-15(3,4)5;1-8-6-10(7-9(2)11(8)12)16-5-4-13-17(3,14)15;1-7-5-9(13-4-3-12)6-8(2)10(7)11;/h5-7,9,13-14,16,20,27,33H,8,10-12,15,17H2,1-4H3;6-7,9-10,13,15,21H,8,11-12,14H2,1-5H3;8-9H,6-7H2,1-5H3,(H,17,18);6-7,13H,4-5H2,1-3H3;5-6H,3-4,12H2,1-2H3;1H4/t20-,27-;15-,21-;;;;/m11..../s1. The smallest absolute Gasteiger partial charge is 0.492 e. The van der Waals surface area contributed by atoms with Crippen LogP contribution in [0.15, 0.2) is 123 Å². The molecule has 5 N–H and O–H groups in total. The second-order valence-corrected chi connectivity index (χ2v) is 39.4. The summed E-state index contributed by atoms with van der Waals surface area (Å²) in [6.45, 7) is 33.3. The molecule has 3 aliphatic heterocycles. The summed E-state index contributed by atoms with van der Waals surface area (Å²) in [5.41, 5.74) is 20.4. The molecule has 0 radical (unpaired) electrons. The number of nitrogens with two attached hydrogens (primary N) is 1. The van der Waals surface area contributed by atoms with Crippen LogP contribution in [0.2, 0.25) is 0 Å². The van der Waals surface area contributed by atoms with Gasteiger partial charge in [0.15, 0.2) is 0 Å². The Morgan fingerprint density at radius 3 is 1.26 bits per heavy atom. The lowest BCUT2D eigenvalue weighted by Gasteiger charge is -2.32. The zero-order valence-corrected chi connectivity index (χ0v) is 80.9. The van der Waals surface area contributed by atoms with Crippen LogP contribution in [0.5, 0.6) is 46.0 Å². The van der Waals surface area contributed by atoms with Crippen LogP contribution in [-0.2, 0) is 66.0 Å². The quantitative estimate of drug-likeness (QED) is 0.0161. The summed E-state index contributed by atoms with van der Waals surface area (Å²) in [5, 5.41) is 2.65. The average molecular weight is 1980 g/mol. The molecule has 0 aromatic heterocycles. The van der Waals surface area contributed by atoms with Crippen molar-refractivity contribution in [2.24, 2.45) is 5.73 Å². The van der Waals surface area contributed by atoms with E-state index in [9.17, 15) is 31.2 Å². The predicted molar refractivity (Wildman–Crippen MR) is 498 cm³/mol. The third kappa shape index (κ3) is 28.5. The topological polar surface area (TPSA) is 302 Å². The number of aryl methyl sites for hydroxylation is 8. The van der Waals surface area contributed by atoms with E-state index in [1.807, 2.05) is 195 Å². The number of fused-ring (bicyclic) bond motifs is 4. The molecule has 13 rings (SSSR count). The maximum atomic E-state index is 15.3. The lowest BCUT2D eigenvalue weighted by molar-refractivity contribution is -0.142. The minimum absolute atomic E-state index is 0. The number of nitrogens with one attached hydrogen (secondary N) is 3. The van der Waals surface area contributed by atoms with Gasteiger partial charge in [-0.2, -0.15) is 0 Å². The van der Waals surface area contributed by atoms with E-state index in [4.69, 9.17) is 67.1 Å². The van der Waals surface area contributed by atoms with Crippen molar-refractivity contribution in [3.63, 3.8) is 0 Å². The number of esters is 2. The third-order valence-corrected chi connectivity index (χ3v) is 26.8. The third-order valence-electron chi connectivity index (χ3n) is 21.6. The molecule has 2 aliphatic carbocycles. The first-order valence-electron chi connectivity index (χ1n) is 41.2. The van der Waals surface area contributed by atoms with Gasteiger partial charge in [-0.3, -0.25) is 9.59 Å². The maximum absolute atomic E-state index is 15.3. The van der Waals surface area contributed by atoms with E-state index >= 15 is 8.78 Å². The molecule has 4 atom stereocenters. The summed E-state index contributed by atoms with van der Waals surface area (Å²) < 4.78 is 156. The highest BCUT2D eigenvalue weighted by Gasteiger charge is 2.53. The molecule has 0 bridgehead atoms. The van der Waals surface area contributed by atoms with Crippen LogP contribution in [0.4, 0.5) is 13.6 Å². The van der Waals surface area contributed by atoms with E-state index in [0.717, 1.165) is 115 Å². The summed E-state index contributed by atoms with van der Waals surface area (Å²) in [7, 11) is -4.20. The number of carbonyl (C=O) groups excluding carboxylic acids is 3. The Hall–Kier alpha value is -8.57. The molecule has 1 saturated heterocycles. The number of hydrogen-bond donors (Lipinski definition) is 4. The molecule has 1 fully saturated rings. The first-order valence-corrected chi connectivity index (χ1v) is 47.4. The molecule has 24 nitrogen and oxygen atoms in total. The van der Waals surface area contributed by atoms with Gasteiger partial charge in [-0.15, -0.1) is 0 Å². The molecule has 8 aromatic rings. The fourth-order valence-corrected chi connectivity index (χ4v) is 16.5. The normalized spacial score (nSPS) is 16.5. The highest BCUT2D eigenvalue weighted by atomic mass is 79.9. The van der Waals surface area contributed by atoms with Gasteiger partial charge in [0.2, 0.25) is 20.0 Å². The summed E-state index contributed by atoms with van der Waals surface area (Å²) in [4.78, 5) is 34.8. The molecule has 0 saturated carbocycles. The van der Waals surface area contributed by atoms with E-state index < -0.39 is 62.3 Å². The van der Waals surface area contributed by atoms with Gasteiger partial charge in [-0.1, -0.05) is 79.5 Å². The van der Waals surface area contributed by atoms with Crippen molar-refractivity contribution in [1.29, 1.82) is 0 Å². The lowest BCUT2D eigenvalue weighted by atomic mass is 9.75. The van der Waals surface area contributed by atoms with Gasteiger partial charge >= 0.3 is 25.2 Å². The zero-order valence-electron chi connectivity index (χ0n) is 74.5. The fourth-order valence-electron chi connectivity index (χ4n) is 14.9. The second kappa shape index (κ2) is 45.1. The van der Waals surface area contributed by atoms with Gasteiger partial charge in [-0.25, -0.2) is 39.9 Å². The van der Waals surface area contributed by atoms with E-state index in [2.05, 4.69) is 62.6 Å². The largest absolute Gasteiger partial charge is 0.495 e. The number of benzene rings is 8. The van der Waals surface area contributed by atoms with Gasteiger partial charge in [0.25, 0.3) is 0 Å². The van der Waals surface area contributed by atoms with Crippen molar-refractivity contribution in [3.8, 4) is 57.1 Å². The molecule has 32 heteroatoms. The minimum Gasteiger partial charge on any atom is -0.492 e. The molecular formula is C94H120BBr3F2N4O20S2. The zero-order chi connectivity index (χ0) is 91.8. The van der Waals surface area contributed by atoms with Gasteiger partial charge in [0, 0.05) is 79.3 Å². The fraction of sp³-hybridized carbons (Fsp3) is 0.457. The van der Waals surface area contributed by atoms with Crippen molar-refractivity contribution >= 4 is 98.4 Å². The van der Waals surface area contributed by atoms with Crippen molar-refractivity contribution in [2.45, 2.75) is 191 Å².